The van der Waals surface area contributed by atoms with Gasteiger partial charge in [0.25, 0.3) is 0 Å². The van der Waals surface area contributed by atoms with E-state index in [2.05, 4.69) is 0 Å². The number of ether oxygens (including phenoxy) is 2. The molecule has 1 aromatic carbocycles. The molecule has 5 heteroatoms. The predicted octanol–water partition coefficient (Wildman–Crippen LogP) is 3.42. The van der Waals surface area contributed by atoms with Crippen LogP contribution in [0.2, 0.25) is 0 Å². The summed E-state index contributed by atoms with van der Waals surface area (Å²) in [4.78, 5) is 23.8. The van der Waals surface area contributed by atoms with Crippen molar-refractivity contribution in [2.24, 2.45) is 0 Å². The van der Waals surface area contributed by atoms with Crippen molar-refractivity contribution in [2.45, 2.75) is 32.6 Å². The second-order valence-electron chi connectivity index (χ2n) is 4.84. The molecular weight excluding hydrogens is 284 g/mol. The fourth-order valence-electron chi connectivity index (χ4n) is 2.41. The van der Waals surface area contributed by atoms with Crippen molar-refractivity contribution in [1.29, 1.82) is 0 Å². The van der Waals surface area contributed by atoms with Gasteiger partial charge in [0.2, 0.25) is 0 Å². The number of benzene rings is 1. The first-order valence-electron chi connectivity index (χ1n) is 7.45. The number of esters is 2. The number of carbonyl (C=O) groups excluding carboxylic acids is 2. The maximum absolute atomic E-state index is 12.2. The molecule has 0 radical (unpaired) electrons. The molecule has 0 aliphatic heterocycles. The number of hydrogen-bond donors (Lipinski definition) is 0. The third-order valence-corrected chi connectivity index (χ3v) is 3.40. The van der Waals surface area contributed by atoms with Crippen LogP contribution in [-0.4, -0.2) is 25.2 Å². The second kappa shape index (κ2) is 7.64. The summed E-state index contributed by atoms with van der Waals surface area (Å²) in [6, 6.07) is 7.49. The molecule has 0 aliphatic carbocycles. The van der Waals surface area contributed by atoms with Crippen molar-refractivity contribution >= 4 is 22.9 Å². The Morgan fingerprint density at radius 1 is 1.14 bits per heavy atom. The lowest BCUT2D eigenvalue weighted by Crippen LogP contribution is -2.17. The van der Waals surface area contributed by atoms with E-state index in [9.17, 15) is 9.59 Å². The first-order chi connectivity index (χ1) is 10.7. The molecule has 5 nitrogen and oxygen atoms in total. The van der Waals surface area contributed by atoms with E-state index in [0.29, 0.717) is 25.2 Å². The summed E-state index contributed by atoms with van der Waals surface area (Å²) >= 11 is 0. The number of para-hydroxylation sites is 1. The highest BCUT2D eigenvalue weighted by atomic mass is 16.5. The Balaban J connectivity index is 2.24. The van der Waals surface area contributed by atoms with Gasteiger partial charge in [0.15, 0.2) is 0 Å². The third-order valence-electron chi connectivity index (χ3n) is 3.40. The van der Waals surface area contributed by atoms with Gasteiger partial charge in [0.1, 0.15) is 5.58 Å². The maximum atomic E-state index is 12.2. The van der Waals surface area contributed by atoms with E-state index in [1.54, 1.807) is 20.1 Å². The van der Waals surface area contributed by atoms with E-state index in [1.165, 1.54) is 0 Å². The molecule has 0 saturated heterocycles. The van der Waals surface area contributed by atoms with Gasteiger partial charge >= 0.3 is 11.9 Å². The quantitative estimate of drug-likeness (QED) is 0.733. The third kappa shape index (κ3) is 3.67. The molecule has 1 aromatic heterocycles. The van der Waals surface area contributed by atoms with Crippen molar-refractivity contribution in [1.82, 2.24) is 0 Å². The number of hydrogen-bond acceptors (Lipinski definition) is 5. The number of rotatable bonds is 7. The zero-order valence-electron chi connectivity index (χ0n) is 12.8. The highest BCUT2D eigenvalue weighted by molar-refractivity contribution is 5.89. The van der Waals surface area contributed by atoms with Gasteiger partial charge in [-0.15, -0.1) is 0 Å². The number of fused-ring (bicyclic) bond motifs is 1. The molecule has 0 aliphatic rings. The SMILES string of the molecule is CCOC(=O)CCC(C(=O)OCC)c1coc2ccccc12. The van der Waals surface area contributed by atoms with Crippen LogP contribution in [0.1, 0.15) is 38.2 Å². The highest BCUT2D eigenvalue weighted by Gasteiger charge is 2.26. The smallest absolute Gasteiger partial charge is 0.313 e. The molecule has 0 amide bonds. The molecule has 0 bridgehead atoms. The first kappa shape index (κ1) is 16.1. The summed E-state index contributed by atoms with van der Waals surface area (Å²) in [7, 11) is 0. The Morgan fingerprint density at radius 3 is 2.59 bits per heavy atom. The molecular formula is C17H20O5. The molecule has 2 rings (SSSR count). The summed E-state index contributed by atoms with van der Waals surface area (Å²) in [6.07, 6.45) is 2.06. The van der Waals surface area contributed by atoms with E-state index in [1.807, 2.05) is 24.3 Å². The largest absolute Gasteiger partial charge is 0.466 e. The van der Waals surface area contributed by atoms with Gasteiger partial charge in [-0.2, -0.15) is 0 Å². The summed E-state index contributed by atoms with van der Waals surface area (Å²) in [6.45, 7) is 4.14. The van der Waals surface area contributed by atoms with Crippen LogP contribution >= 0.6 is 0 Å². The lowest BCUT2D eigenvalue weighted by atomic mass is 9.94. The van der Waals surface area contributed by atoms with Crippen molar-refractivity contribution in [3.05, 3.63) is 36.1 Å². The Bertz CT molecular complexity index is 643. The van der Waals surface area contributed by atoms with E-state index in [4.69, 9.17) is 13.9 Å². The predicted molar refractivity (Wildman–Crippen MR) is 81.5 cm³/mol. The molecule has 0 saturated carbocycles. The maximum Gasteiger partial charge on any atom is 0.313 e. The molecule has 1 heterocycles. The fraction of sp³-hybridized carbons (Fsp3) is 0.412. The van der Waals surface area contributed by atoms with Gasteiger partial charge < -0.3 is 13.9 Å². The monoisotopic (exact) mass is 304 g/mol. The molecule has 0 spiro atoms. The summed E-state index contributed by atoms with van der Waals surface area (Å²) in [5.74, 6) is -1.20. The minimum absolute atomic E-state index is 0.164. The van der Waals surface area contributed by atoms with Crippen LogP contribution in [0.25, 0.3) is 11.0 Å². The van der Waals surface area contributed by atoms with Crippen molar-refractivity contribution < 1.29 is 23.5 Å². The molecule has 22 heavy (non-hydrogen) atoms. The second-order valence-corrected chi connectivity index (χ2v) is 4.84. The first-order valence-corrected chi connectivity index (χ1v) is 7.45. The van der Waals surface area contributed by atoms with Crippen LogP contribution in [0, 0.1) is 0 Å². The van der Waals surface area contributed by atoms with Gasteiger partial charge in [0, 0.05) is 17.4 Å². The molecule has 2 aromatic rings. The molecule has 1 unspecified atom stereocenters. The van der Waals surface area contributed by atoms with Crippen LogP contribution in [0.15, 0.2) is 34.9 Å². The van der Waals surface area contributed by atoms with E-state index in [-0.39, 0.29) is 18.4 Å². The standard InChI is InChI=1S/C17H20O5/c1-3-20-16(18)10-9-13(17(19)21-4-2)14-11-22-15-8-6-5-7-12(14)15/h5-8,11,13H,3-4,9-10H2,1-2H3. The Hall–Kier alpha value is -2.30. The molecule has 1 atom stereocenters. The minimum Gasteiger partial charge on any atom is -0.466 e. The van der Waals surface area contributed by atoms with E-state index < -0.39 is 5.92 Å². The van der Waals surface area contributed by atoms with E-state index >= 15 is 0 Å². The summed E-state index contributed by atoms with van der Waals surface area (Å²) < 4.78 is 15.5. The Labute approximate surface area is 129 Å². The molecule has 0 N–H and O–H groups in total. The normalized spacial score (nSPS) is 12.1. The number of carbonyl (C=O) groups is 2. The minimum atomic E-state index is -0.534. The topological polar surface area (TPSA) is 65.7 Å². The summed E-state index contributed by atoms with van der Waals surface area (Å²) in [5.41, 5.74) is 1.46. The van der Waals surface area contributed by atoms with Gasteiger partial charge in [0.05, 0.1) is 25.4 Å². The lowest BCUT2D eigenvalue weighted by molar-refractivity contribution is -0.146. The van der Waals surface area contributed by atoms with Crippen molar-refractivity contribution in [3.8, 4) is 0 Å². The van der Waals surface area contributed by atoms with Crippen LogP contribution in [0.3, 0.4) is 0 Å². The lowest BCUT2D eigenvalue weighted by Gasteiger charge is -2.14. The Kier molecular flexibility index (Phi) is 5.58. The van der Waals surface area contributed by atoms with Crippen molar-refractivity contribution in [3.63, 3.8) is 0 Å². The molecule has 0 fully saturated rings. The zero-order chi connectivity index (χ0) is 15.9. The van der Waals surface area contributed by atoms with Gasteiger partial charge in [-0.05, 0) is 26.3 Å². The van der Waals surface area contributed by atoms with Gasteiger partial charge in [-0.25, -0.2) is 0 Å². The van der Waals surface area contributed by atoms with Crippen LogP contribution in [-0.2, 0) is 19.1 Å². The highest BCUT2D eigenvalue weighted by Crippen LogP contribution is 2.31. The molecule has 118 valence electrons. The van der Waals surface area contributed by atoms with Gasteiger partial charge in [-0.1, -0.05) is 18.2 Å². The number of furan rings is 1. The van der Waals surface area contributed by atoms with Crippen LogP contribution < -0.4 is 0 Å². The van der Waals surface area contributed by atoms with Crippen molar-refractivity contribution in [2.75, 3.05) is 13.2 Å². The zero-order valence-corrected chi connectivity index (χ0v) is 12.8. The fourth-order valence-corrected chi connectivity index (χ4v) is 2.41. The summed E-state index contributed by atoms with van der Waals surface area (Å²) in [5, 5.41) is 0.865. The van der Waals surface area contributed by atoms with Gasteiger partial charge in [-0.3, -0.25) is 9.59 Å². The Morgan fingerprint density at radius 2 is 1.86 bits per heavy atom. The van der Waals surface area contributed by atoms with Crippen LogP contribution in [0.4, 0.5) is 0 Å². The van der Waals surface area contributed by atoms with Crippen LogP contribution in [0.5, 0.6) is 0 Å². The average molecular weight is 304 g/mol. The average Bonchev–Trinajstić information content (AvgIpc) is 2.92. The van der Waals surface area contributed by atoms with E-state index in [0.717, 1.165) is 10.9 Å².